The molecule has 0 spiro atoms. The quantitative estimate of drug-likeness (QED) is 0.725. The van der Waals surface area contributed by atoms with Gasteiger partial charge in [-0.25, -0.2) is 0 Å². The summed E-state index contributed by atoms with van der Waals surface area (Å²) in [4.78, 5) is 11.5. The first-order valence-electron chi connectivity index (χ1n) is 5.47. The van der Waals surface area contributed by atoms with E-state index in [0.717, 1.165) is 5.69 Å². The number of rotatable bonds is 3. The number of aromatic amines is 1. The number of hydrogen-bond acceptors (Lipinski definition) is 3. The van der Waals surface area contributed by atoms with E-state index in [-0.39, 0.29) is 11.3 Å². The molecule has 0 unspecified atom stereocenters. The Labute approximate surface area is 95.8 Å². The van der Waals surface area contributed by atoms with E-state index < -0.39 is 6.04 Å². The van der Waals surface area contributed by atoms with Crippen LogP contribution in [0, 0.1) is 0 Å². The first kappa shape index (κ1) is 12.7. The van der Waals surface area contributed by atoms with Crippen LogP contribution >= 0.6 is 0 Å². The summed E-state index contributed by atoms with van der Waals surface area (Å²) in [5, 5.41) is 9.61. The van der Waals surface area contributed by atoms with E-state index in [0.29, 0.717) is 12.2 Å². The number of nitrogens with zero attached hydrogens (tertiary/aromatic N) is 1. The van der Waals surface area contributed by atoms with Gasteiger partial charge < -0.3 is 11.1 Å². The fourth-order valence-corrected chi connectivity index (χ4v) is 1.17. The molecule has 0 aromatic carbocycles. The molecular formula is C11H20N4O. The lowest BCUT2D eigenvalue weighted by Gasteiger charge is -2.14. The molecule has 1 aromatic rings. The Balaban J connectivity index is 2.70. The minimum absolute atomic E-state index is 0.0111. The lowest BCUT2D eigenvalue weighted by molar-refractivity contribution is -0.117. The molecule has 0 radical (unpaired) electrons. The van der Waals surface area contributed by atoms with Gasteiger partial charge in [0.15, 0.2) is 5.82 Å². The molecule has 5 heteroatoms. The lowest BCUT2D eigenvalue weighted by Crippen LogP contribution is -2.34. The molecular weight excluding hydrogens is 204 g/mol. The van der Waals surface area contributed by atoms with Crippen molar-refractivity contribution in [2.24, 2.45) is 5.73 Å². The fourth-order valence-electron chi connectivity index (χ4n) is 1.17. The van der Waals surface area contributed by atoms with Crippen LogP contribution in [-0.2, 0) is 10.2 Å². The van der Waals surface area contributed by atoms with Gasteiger partial charge in [-0.1, -0.05) is 27.7 Å². The third-order valence-corrected chi connectivity index (χ3v) is 2.41. The number of amides is 1. The van der Waals surface area contributed by atoms with Crippen LogP contribution in [0.3, 0.4) is 0 Å². The van der Waals surface area contributed by atoms with E-state index in [1.54, 1.807) is 0 Å². The van der Waals surface area contributed by atoms with Crippen LogP contribution in [0.15, 0.2) is 6.07 Å². The SMILES string of the molecule is CC[C@H](N)C(=O)Nc1cc(C(C)(C)C)[nH]n1. The molecule has 0 saturated carbocycles. The fraction of sp³-hybridized carbons (Fsp3) is 0.636. The number of H-pyrrole nitrogens is 1. The summed E-state index contributed by atoms with van der Waals surface area (Å²) in [5.74, 6) is 0.327. The number of carbonyl (C=O) groups is 1. The van der Waals surface area contributed by atoms with Crippen LogP contribution in [-0.4, -0.2) is 22.1 Å². The number of nitrogens with one attached hydrogen (secondary N) is 2. The molecule has 0 fully saturated rings. The second kappa shape index (κ2) is 4.65. The average molecular weight is 224 g/mol. The maximum absolute atomic E-state index is 11.5. The van der Waals surface area contributed by atoms with Gasteiger partial charge in [-0.15, -0.1) is 0 Å². The van der Waals surface area contributed by atoms with Crippen LogP contribution in [0.25, 0.3) is 0 Å². The van der Waals surface area contributed by atoms with Gasteiger partial charge >= 0.3 is 0 Å². The van der Waals surface area contributed by atoms with Crippen LogP contribution < -0.4 is 11.1 Å². The zero-order valence-electron chi connectivity index (χ0n) is 10.3. The molecule has 0 aliphatic heterocycles. The highest BCUT2D eigenvalue weighted by Gasteiger charge is 2.18. The highest BCUT2D eigenvalue weighted by molar-refractivity contribution is 5.93. The van der Waals surface area contributed by atoms with E-state index >= 15 is 0 Å². The number of carbonyl (C=O) groups excluding carboxylic acids is 1. The molecule has 0 saturated heterocycles. The van der Waals surface area contributed by atoms with Gasteiger partial charge in [-0.05, 0) is 6.42 Å². The molecule has 1 aromatic heterocycles. The van der Waals surface area contributed by atoms with Crippen molar-refractivity contribution in [3.63, 3.8) is 0 Å². The van der Waals surface area contributed by atoms with Gasteiger partial charge in [0.05, 0.1) is 6.04 Å². The van der Waals surface area contributed by atoms with E-state index in [9.17, 15) is 4.79 Å². The molecule has 5 nitrogen and oxygen atoms in total. The van der Waals surface area contributed by atoms with Crippen LogP contribution in [0.4, 0.5) is 5.82 Å². The largest absolute Gasteiger partial charge is 0.320 e. The highest BCUT2D eigenvalue weighted by Crippen LogP contribution is 2.21. The molecule has 0 bridgehead atoms. The minimum Gasteiger partial charge on any atom is -0.320 e. The predicted molar refractivity (Wildman–Crippen MR) is 64.2 cm³/mol. The second-order valence-corrected chi connectivity index (χ2v) is 4.92. The Kier molecular flexibility index (Phi) is 3.70. The summed E-state index contributed by atoms with van der Waals surface area (Å²) < 4.78 is 0. The van der Waals surface area contributed by atoms with Gasteiger partial charge in [0.2, 0.25) is 5.91 Å². The molecule has 0 aliphatic rings. The summed E-state index contributed by atoms with van der Waals surface area (Å²) in [6, 6.07) is 1.36. The van der Waals surface area contributed by atoms with Gasteiger partial charge in [-0.2, -0.15) is 5.10 Å². The molecule has 4 N–H and O–H groups in total. The number of anilines is 1. The normalized spacial score (nSPS) is 13.6. The maximum Gasteiger partial charge on any atom is 0.242 e. The third-order valence-electron chi connectivity index (χ3n) is 2.41. The first-order chi connectivity index (χ1) is 7.34. The van der Waals surface area contributed by atoms with Crippen molar-refractivity contribution in [3.8, 4) is 0 Å². The molecule has 16 heavy (non-hydrogen) atoms. The number of aromatic nitrogens is 2. The topological polar surface area (TPSA) is 83.8 Å². The molecule has 1 amide bonds. The van der Waals surface area contributed by atoms with Gasteiger partial charge in [0.25, 0.3) is 0 Å². The molecule has 0 aliphatic carbocycles. The van der Waals surface area contributed by atoms with Gasteiger partial charge in [-0.3, -0.25) is 9.89 Å². The van der Waals surface area contributed by atoms with E-state index in [4.69, 9.17) is 5.73 Å². The smallest absolute Gasteiger partial charge is 0.242 e. The lowest BCUT2D eigenvalue weighted by atomic mass is 9.92. The van der Waals surface area contributed by atoms with Crippen molar-refractivity contribution in [3.05, 3.63) is 11.8 Å². The third kappa shape index (κ3) is 3.06. The van der Waals surface area contributed by atoms with Crippen molar-refractivity contribution in [1.82, 2.24) is 10.2 Å². The number of hydrogen-bond donors (Lipinski definition) is 3. The summed E-state index contributed by atoms with van der Waals surface area (Å²) in [7, 11) is 0. The Morgan fingerprint density at radius 1 is 1.62 bits per heavy atom. The highest BCUT2D eigenvalue weighted by atomic mass is 16.2. The predicted octanol–water partition coefficient (Wildman–Crippen LogP) is 1.38. The monoisotopic (exact) mass is 224 g/mol. The maximum atomic E-state index is 11.5. The minimum atomic E-state index is -0.477. The Morgan fingerprint density at radius 2 is 2.25 bits per heavy atom. The molecule has 1 atom stereocenters. The van der Waals surface area contributed by atoms with Crippen molar-refractivity contribution in [2.75, 3.05) is 5.32 Å². The van der Waals surface area contributed by atoms with Crippen molar-refractivity contribution in [2.45, 2.75) is 45.6 Å². The Hall–Kier alpha value is -1.36. The van der Waals surface area contributed by atoms with Crippen LogP contribution in [0.1, 0.15) is 39.8 Å². The van der Waals surface area contributed by atoms with E-state index in [1.165, 1.54) is 0 Å². The Morgan fingerprint density at radius 3 is 2.69 bits per heavy atom. The van der Waals surface area contributed by atoms with Crippen molar-refractivity contribution < 1.29 is 4.79 Å². The van der Waals surface area contributed by atoms with Crippen molar-refractivity contribution >= 4 is 11.7 Å². The summed E-state index contributed by atoms with van der Waals surface area (Å²) in [6.07, 6.45) is 0.613. The molecule has 1 heterocycles. The van der Waals surface area contributed by atoms with Crippen LogP contribution in [0.2, 0.25) is 0 Å². The van der Waals surface area contributed by atoms with E-state index in [1.807, 2.05) is 13.0 Å². The zero-order chi connectivity index (χ0) is 12.3. The molecule has 1 rings (SSSR count). The second-order valence-electron chi connectivity index (χ2n) is 4.92. The van der Waals surface area contributed by atoms with E-state index in [2.05, 4.69) is 36.3 Å². The zero-order valence-corrected chi connectivity index (χ0v) is 10.3. The van der Waals surface area contributed by atoms with Crippen molar-refractivity contribution in [1.29, 1.82) is 0 Å². The van der Waals surface area contributed by atoms with Crippen LogP contribution in [0.5, 0.6) is 0 Å². The van der Waals surface area contributed by atoms with Gasteiger partial charge in [0, 0.05) is 17.2 Å². The standard InChI is InChI=1S/C11H20N4O/c1-5-7(12)10(16)13-9-6-8(14-15-9)11(2,3)4/h6-7H,5,12H2,1-4H3,(H2,13,14,15,16)/t7-/m0/s1. The Bertz CT molecular complexity index is 364. The first-order valence-corrected chi connectivity index (χ1v) is 5.47. The molecule has 90 valence electrons. The number of nitrogens with two attached hydrogens (primary N) is 1. The summed E-state index contributed by atoms with van der Waals surface area (Å²) >= 11 is 0. The average Bonchev–Trinajstić information content (AvgIpc) is 2.64. The summed E-state index contributed by atoms with van der Waals surface area (Å²) in [5.41, 5.74) is 6.58. The van der Waals surface area contributed by atoms with Gasteiger partial charge in [0.1, 0.15) is 0 Å². The summed E-state index contributed by atoms with van der Waals surface area (Å²) in [6.45, 7) is 8.09.